The van der Waals surface area contributed by atoms with Crippen molar-refractivity contribution in [3.63, 3.8) is 0 Å². The molecular formula is C19H17F3O10S. The molecule has 0 aromatic heterocycles. The van der Waals surface area contributed by atoms with E-state index in [1.165, 1.54) is 12.1 Å². The summed E-state index contributed by atoms with van der Waals surface area (Å²) in [4.78, 5) is 37.2. The third-order valence-electron chi connectivity index (χ3n) is 5.75. The minimum atomic E-state index is -6.01. The molecule has 1 aromatic carbocycles. The van der Waals surface area contributed by atoms with Crippen LogP contribution in [0.5, 0.6) is 0 Å². The van der Waals surface area contributed by atoms with E-state index in [0.717, 1.165) is 0 Å². The number of alkyl halides is 3. The highest BCUT2D eigenvalue weighted by Crippen LogP contribution is 2.51. The van der Waals surface area contributed by atoms with Gasteiger partial charge in [0.25, 0.3) is 0 Å². The van der Waals surface area contributed by atoms with Crippen molar-refractivity contribution in [1.82, 2.24) is 0 Å². The Kier molecular flexibility index (Phi) is 5.87. The first-order valence-corrected chi connectivity index (χ1v) is 11.1. The summed E-state index contributed by atoms with van der Waals surface area (Å²) in [6.07, 6.45) is -8.70. The smallest absolute Gasteiger partial charge is 0.400 e. The molecule has 1 aromatic rings. The van der Waals surface area contributed by atoms with E-state index in [2.05, 4.69) is 0 Å². The van der Waals surface area contributed by atoms with Gasteiger partial charge in [-0.1, -0.05) is 18.2 Å². The van der Waals surface area contributed by atoms with Crippen LogP contribution in [0.2, 0.25) is 0 Å². The molecule has 3 aliphatic rings. The normalized spacial score (nSPS) is 31.2. The van der Waals surface area contributed by atoms with Gasteiger partial charge < -0.3 is 18.9 Å². The molecule has 33 heavy (non-hydrogen) atoms. The van der Waals surface area contributed by atoms with Gasteiger partial charge >= 0.3 is 33.3 Å². The van der Waals surface area contributed by atoms with Crippen LogP contribution in [0.3, 0.4) is 0 Å². The van der Waals surface area contributed by atoms with Crippen LogP contribution in [0.15, 0.2) is 30.3 Å². The second-order valence-corrected chi connectivity index (χ2v) is 9.21. The summed E-state index contributed by atoms with van der Waals surface area (Å²) in [6.45, 7) is -0.974. The van der Waals surface area contributed by atoms with E-state index in [9.17, 15) is 36.0 Å². The number of esters is 3. The number of hydrogen-bond acceptors (Lipinski definition) is 9. The summed E-state index contributed by atoms with van der Waals surface area (Å²) in [5.74, 6) is -5.06. The van der Waals surface area contributed by atoms with Crippen LogP contribution in [0.4, 0.5) is 13.2 Å². The lowest BCUT2D eigenvalue weighted by atomic mass is 9.78. The van der Waals surface area contributed by atoms with Crippen molar-refractivity contribution in [1.29, 1.82) is 0 Å². The molecular weight excluding hydrogens is 477 g/mol. The van der Waals surface area contributed by atoms with Crippen molar-refractivity contribution in [3.05, 3.63) is 35.9 Å². The lowest BCUT2D eigenvalue weighted by Gasteiger charge is -2.27. The maximum absolute atomic E-state index is 13.6. The Morgan fingerprint density at radius 1 is 1.15 bits per heavy atom. The highest BCUT2D eigenvalue weighted by Gasteiger charge is 2.72. The van der Waals surface area contributed by atoms with E-state index in [4.69, 9.17) is 23.5 Å². The summed E-state index contributed by atoms with van der Waals surface area (Å²) >= 11 is 0. The van der Waals surface area contributed by atoms with Gasteiger partial charge in [0.2, 0.25) is 0 Å². The average Bonchev–Trinajstić information content (AvgIpc) is 3.37. The average molecular weight is 494 g/mol. The molecule has 10 nitrogen and oxygen atoms in total. The summed E-state index contributed by atoms with van der Waals surface area (Å²) in [5.41, 5.74) is 0.203. The molecule has 0 radical (unpaired) electrons. The van der Waals surface area contributed by atoms with Crippen molar-refractivity contribution in [2.45, 2.75) is 42.3 Å². The van der Waals surface area contributed by atoms with E-state index in [0.29, 0.717) is 0 Å². The van der Waals surface area contributed by atoms with Gasteiger partial charge in [-0.15, -0.1) is 0 Å². The Morgan fingerprint density at radius 3 is 2.45 bits per heavy atom. The van der Waals surface area contributed by atoms with Crippen LogP contribution in [0, 0.1) is 11.8 Å². The Bertz CT molecular complexity index is 1060. The van der Waals surface area contributed by atoms with Gasteiger partial charge in [-0.3, -0.25) is 14.1 Å². The molecule has 3 aliphatic heterocycles. The summed E-state index contributed by atoms with van der Waals surface area (Å²) in [7, 11) is -6.01. The maximum atomic E-state index is 13.6. The lowest BCUT2D eigenvalue weighted by Crippen LogP contribution is -2.48. The number of carbonyl (C=O) groups excluding carboxylic acids is 3. The van der Waals surface area contributed by atoms with Gasteiger partial charge in [-0.25, -0.2) is 9.18 Å². The topological polar surface area (TPSA) is 142 Å². The van der Waals surface area contributed by atoms with Crippen LogP contribution in [0.1, 0.15) is 16.8 Å². The zero-order valence-electron chi connectivity index (χ0n) is 16.5. The van der Waals surface area contributed by atoms with Crippen molar-refractivity contribution in [3.8, 4) is 0 Å². The maximum Gasteiger partial charge on any atom is 0.400 e. The van der Waals surface area contributed by atoms with Crippen LogP contribution in [0.25, 0.3) is 0 Å². The van der Waals surface area contributed by atoms with Gasteiger partial charge in [0.15, 0.2) is 18.4 Å². The second kappa shape index (κ2) is 8.25. The summed E-state index contributed by atoms with van der Waals surface area (Å²) < 4.78 is 90.7. The standard InChI is InChI=1S/C19H17F3O10S/c20-9(19(21,22)33(26,27)28)6-7-29-17(24)10-11-13-15(32-18(11)25)14(12(10)30-13)31-16(23)8-4-2-1-3-5-8/h1-5,9-15H,6-7H2,(H,26,27,28). The molecule has 0 spiro atoms. The number of benzene rings is 1. The molecule has 7 atom stereocenters. The van der Waals surface area contributed by atoms with Crippen molar-refractivity contribution < 1.29 is 59.5 Å². The molecule has 3 heterocycles. The van der Waals surface area contributed by atoms with Crippen LogP contribution < -0.4 is 0 Å². The molecule has 180 valence electrons. The number of carbonyl (C=O) groups is 3. The molecule has 0 aliphatic carbocycles. The molecule has 14 heteroatoms. The van der Waals surface area contributed by atoms with E-state index < -0.39 is 88.7 Å². The predicted octanol–water partition coefficient (Wildman–Crippen LogP) is 0.903. The van der Waals surface area contributed by atoms with Crippen molar-refractivity contribution >= 4 is 28.0 Å². The van der Waals surface area contributed by atoms with Gasteiger partial charge in [0, 0.05) is 6.42 Å². The predicted molar refractivity (Wildman–Crippen MR) is 98.1 cm³/mol. The molecule has 1 N–H and O–H groups in total. The quantitative estimate of drug-likeness (QED) is 0.315. The molecule has 2 bridgehead atoms. The first kappa shape index (κ1) is 23.4. The van der Waals surface area contributed by atoms with E-state index in [1.54, 1.807) is 18.2 Å². The minimum absolute atomic E-state index is 0.203. The van der Waals surface area contributed by atoms with E-state index >= 15 is 0 Å². The molecule has 0 amide bonds. The van der Waals surface area contributed by atoms with E-state index in [-0.39, 0.29) is 5.56 Å². The fourth-order valence-electron chi connectivity index (χ4n) is 4.19. The zero-order valence-corrected chi connectivity index (χ0v) is 17.3. The Morgan fingerprint density at radius 2 is 1.82 bits per heavy atom. The lowest BCUT2D eigenvalue weighted by molar-refractivity contribution is -0.156. The third-order valence-corrected chi connectivity index (χ3v) is 6.70. The Hall–Kier alpha value is -2.71. The van der Waals surface area contributed by atoms with Crippen LogP contribution >= 0.6 is 0 Å². The molecule has 0 saturated carbocycles. The number of rotatable bonds is 8. The number of fused-ring (bicyclic) bond motifs is 1. The SMILES string of the molecule is O=C(OC1C2OC(=O)C3C2OC1C3C(=O)OCCC(F)C(F)(F)S(=O)(=O)O)c1ccccc1. The van der Waals surface area contributed by atoms with E-state index in [1.807, 2.05) is 0 Å². The monoisotopic (exact) mass is 494 g/mol. The molecule has 7 unspecified atom stereocenters. The number of ether oxygens (including phenoxy) is 4. The van der Waals surface area contributed by atoms with Crippen molar-refractivity contribution in [2.24, 2.45) is 11.8 Å². The minimum Gasteiger partial charge on any atom is -0.465 e. The number of hydrogen-bond donors (Lipinski definition) is 1. The number of halogens is 3. The van der Waals surface area contributed by atoms with Gasteiger partial charge in [0.1, 0.15) is 24.0 Å². The summed E-state index contributed by atoms with van der Waals surface area (Å²) in [5, 5.41) is -5.09. The molecule has 4 rings (SSSR count). The van der Waals surface area contributed by atoms with Crippen LogP contribution in [-0.2, 0) is 38.7 Å². The first-order valence-electron chi connectivity index (χ1n) is 9.71. The highest BCUT2D eigenvalue weighted by molar-refractivity contribution is 7.86. The highest BCUT2D eigenvalue weighted by atomic mass is 32.2. The second-order valence-electron chi connectivity index (χ2n) is 7.71. The van der Waals surface area contributed by atoms with Crippen molar-refractivity contribution in [2.75, 3.05) is 6.61 Å². The fraction of sp³-hybridized carbons (Fsp3) is 0.526. The van der Waals surface area contributed by atoms with Gasteiger partial charge in [-0.2, -0.15) is 17.2 Å². The fourth-order valence-corrected chi connectivity index (χ4v) is 4.64. The Labute approximate surface area is 184 Å². The third kappa shape index (κ3) is 3.95. The molecule has 3 saturated heterocycles. The molecule has 3 fully saturated rings. The summed E-state index contributed by atoms with van der Waals surface area (Å²) in [6, 6.07) is 7.86. The largest absolute Gasteiger partial charge is 0.465 e. The zero-order chi connectivity index (χ0) is 24.1. The van der Waals surface area contributed by atoms with Crippen LogP contribution in [-0.4, -0.2) is 73.3 Å². The van der Waals surface area contributed by atoms with Gasteiger partial charge in [-0.05, 0) is 12.1 Å². The first-order chi connectivity index (χ1) is 15.4. The Balaban J connectivity index is 1.42. The van der Waals surface area contributed by atoms with Gasteiger partial charge in [0.05, 0.1) is 12.2 Å².